The molecule has 1 atom stereocenters. The number of rotatable bonds is 4. The van der Waals surface area contributed by atoms with Gasteiger partial charge in [0.05, 0.1) is 6.04 Å². The lowest BCUT2D eigenvalue weighted by Crippen LogP contribution is -2.33. The molecule has 0 saturated carbocycles. The fourth-order valence-electron chi connectivity index (χ4n) is 2.29. The molecule has 1 N–H and O–H groups in total. The number of carbonyl (C=O) groups is 1. The summed E-state index contributed by atoms with van der Waals surface area (Å²) in [6.07, 6.45) is 0.371. The molecule has 25 heavy (non-hydrogen) atoms. The first-order valence-electron chi connectivity index (χ1n) is 7.18. The van der Waals surface area contributed by atoms with Crippen molar-refractivity contribution in [3.8, 4) is 10.7 Å². The Morgan fingerprint density at radius 1 is 1.32 bits per heavy atom. The van der Waals surface area contributed by atoms with E-state index in [1.54, 1.807) is 18.5 Å². The predicted octanol–water partition coefficient (Wildman–Crippen LogP) is 4.64. The van der Waals surface area contributed by atoms with E-state index in [4.69, 9.17) is 11.6 Å². The van der Waals surface area contributed by atoms with E-state index in [1.165, 1.54) is 41.7 Å². The first-order valence-corrected chi connectivity index (χ1v) is 8.43. The average molecular weight is 379 g/mol. The minimum atomic E-state index is -1.25. The third-order valence-corrected chi connectivity index (χ3v) is 4.49. The van der Waals surface area contributed by atoms with Gasteiger partial charge in [-0.25, -0.2) is 29.0 Å². The Labute approximate surface area is 151 Å². The predicted molar refractivity (Wildman–Crippen MR) is 93.5 cm³/mol. The molecule has 0 radical (unpaired) electrons. The topological polar surface area (TPSA) is 79.2 Å². The highest BCUT2D eigenvalue weighted by atomic mass is 35.5. The number of anilines is 1. The van der Waals surface area contributed by atoms with Crippen molar-refractivity contribution in [3.63, 3.8) is 0 Å². The molecule has 1 amide bonds. The summed E-state index contributed by atoms with van der Waals surface area (Å²) in [6, 6.07) is 6.45. The summed E-state index contributed by atoms with van der Waals surface area (Å²) in [4.78, 5) is 25.3. The molecule has 0 aliphatic rings. The van der Waals surface area contributed by atoms with Crippen molar-refractivity contribution < 1.29 is 14.3 Å². The molecule has 0 aliphatic carbocycles. The van der Waals surface area contributed by atoms with Gasteiger partial charge in [-0.05, 0) is 24.6 Å². The SMILES string of the molecule is C[C@@H](c1ccc(F)cc1)N(C(=O)O)c1nc(Cl)cc(-c2nccs2)n1. The van der Waals surface area contributed by atoms with Crippen LogP contribution in [0.15, 0.2) is 41.9 Å². The maximum absolute atomic E-state index is 13.1. The molecular weight excluding hydrogens is 367 g/mol. The Bertz CT molecular complexity index is 890. The third-order valence-electron chi connectivity index (χ3n) is 3.50. The van der Waals surface area contributed by atoms with Crippen molar-refractivity contribution >= 4 is 35.0 Å². The van der Waals surface area contributed by atoms with Gasteiger partial charge < -0.3 is 5.11 Å². The second kappa shape index (κ2) is 7.12. The molecular formula is C16H12ClFN4O2S. The van der Waals surface area contributed by atoms with E-state index >= 15 is 0 Å². The van der Waals surface area contributed by atoms with Crippen LogP contribution >= 0.6 is 22.9 Å². The number of thiazole rings is 1. The van der Waals surface area contributed by atoms with Crippen molar-refractivity contribution in [2.24, 2.45) is 0 Å². The lowest BCUT2D eigenvalue weighted by atomic mass is 10.1. The number of benzene rings is 1. The van der Waals surface area contributed by atoms with Crippen LogP contribution in [0.2, 0.25) is 5.15 Å². The van der Waals surface area contributed by atoms with E-state index in [-0.39, 0.29) is 11.1 Å². The van der Waals surface area contributed by atoms with Crippen molar-refractivity contribution in [1.29, 1.82) is 0 Å². The smallest absolute Gasteiger partial charge is 0.414 e. The minimum absolute atomic E-state index is 0.0676. The van der Waals surface area contributed by atoms with Crippen molar-refractivity contribution in [2.45, 2.75) is 13.0 Å². The van der Waals surface area contributed by atoms with Crippen LogP contribution in [0.25, 0.3) is 10.7 Å². The van der Waals surface area contributed by atoms with Crippen LogP contribution in [0.1, 0.15) is 18.5 Å². The second-order valence-electron chi connectivity index (χ2n) is 5.09. The Hall–Kier alpha value is -2.58. The zero-order valence-electron chi connectivity index (χ0n) is 12.9. The number of nitrogens with zero attached hydrogens (tertiary/aromatic N) is 4. The molecule has 0 unspecified atom stereocenters. The molecule has 0 aliphatic heterocycles. The van der Waals surface area contributed by atoms with Crippen LogP contribution in [-0.2, 0) is 0 Å². The molecule has 0 bridgehead atoms. The molecule has 0 saturated heterocycles. The van der Waals surface area contributed by atoms with E-state index in [2.05, 4.69) is 15.0 Å². The number of hydrogen-bond donors (Lipinski definition) is 1. The Kier molecular flexibility index (Phi) is 4.91. The van der Waals surface area contributed by atoms with Gasteiger partial charge in [-0.3, -0.25) is 0 Å². The standard InChI is InChI=1S/C16H12ClFN4O2S/c1-9(10-2-4-11(18)5-3-10)22(16(23)24)15-20-12(8-13(17)21-15)14-19-6-7-25-14/h2-9H,1H3,(H,23,24)/t9-/m0/s1. The third kappa shape index (κ3) is 3.75. The van der Waals surface area contributed by atoms with Crippen LogP contribution in [-0.4, -0.2) is 26.2 Å². The van der Waals surface area contributed by atoms with Gasteiger partial charge in [0.2, 0.25) is 5.95 Å². The number of halogens is 2. The largest absolute Gasteiger partial charge is 0.465 e. The van der Waals surface area contributed by atoms with Gasteiger partial charge >= 0.3 is 6.09 Å². The molecule has 9 heteroatoms. The van der Waals surface area contributed by atoms with Gasteiger partial charge in [0, 0.05) is 17.6 Å². The summed E-state index contributed by atoms with van der Waals surface area (Å²) in [5.41, 5.74) is 1.03. The summed E-state index contributed by atoms with van der Waals surface area (Å²) in [5, 5.41) is 12.1. The Morgan fingerprint density at radius 2 is 2.04 bits per heavy atom. The molecule has 2 aromatic heterocycles. The van der Waals surface area contributed by atoms with E-state index in [0.29, 0.717) is 16.3 Å². The summed E-state index contributed by atoms with van der Waals surface area (Å²) in [5.74, 6) is -0.468. The molecule has 6 nitrogen and oxygen atoms in total. The number of hydrogen-bond acceptors (Lipinski definition) is 5. The highest BCUT2D eigenvalue weighted by molar-refractivity contribution is 7.13. The number of carboxylic acid groups (broad SMARTS) is 1. The van der Waals surface area contributed by atoms with Crippen LogP contribution in [0.5, 0.6) is 0 Å². The summed E-state index contributed by atoms with van der Waals surface area (Å²) < 4.78 is 13.1. The van der Waals surface area contributed by atoms with Crippen molar-refractivity contribution in [1.82, 2.24) is 15.0 Å². The fourth-order valence-corrected chi connectivity index (χ4v) is 3.06. The molecule has 128 valence electrons. The Balaban J connectivity index is 2.03. The molecule has 1 aromatic carbocycles. The van der Waals surface area contributed by atoms with Gasteiger partial charge in [-0.1, -0.05) is 23.7 Å². The van der Waals surface area contributed by atoms with E-state index in [0.717, 1.165) is 4.90 Å². The minimum Gasteiger partial charge on any atom is -0.465 e. The Morgan fingerprint density at radius 3 is 2.64 bits per heavy atom. The van der Waals surface area contributed by atoms with Gasteiger partial charge in [-0.15, -0.1) is 11.3 Å². The number of aromatic nitrogens is 3. The molecule has 0 spiro atoms. The lowest BCUT2D eigenvalue weighted by Gasteiger charge is -2.25. The maximum Gasteiger partial charge on any atom is 0.414 e. The van der Waals surface area contributed by atoms with Crippen molar-refractivity contribution in [3.05, 3.63) is 58.4 Å². The van der Waals surface area contributed by atoms with E-state index in [1.807, 2.05) is 0 Å². The lowest BCUT2D eigenvalue weighted by molar-refractivity contribution is 0.199. The first kappa shape index (κ1) is 17.2. The highest BCUT2D eigenvalue weighted by Gasteiger charge is 2.26. The zero-order chi connectivity index (χ0) is 18.0. The first-order chi connectivity index (χ1) is 12.0. The summed E-state index contributed by atoms with van der Waals surface area (Å²) in [6.45, 7) is 1.66. The highest BCUT2D eigenvalue weighted by Crippen LogP contribution is 2.29. The molecule has 3 rings (SSSR count). The molecule has 0 fully saturated rings. The van der Waals surface area contributed by atoms with Crippen LogP contribution in [0, 0.1) is 5.82 Å². The van der Waals surface area contributed by atoms with Crippen LogP contribution in [0.3, 0.4) is 0 Å². The van der Waals surface area contributed by atoms with Gasteiger partial charge in [0.1, 0.15) is 21.7 Å². The van der Waals surface area contributed by atoms with Crippen LogP contribution < -0.4 is 4.90 Å². The quantitative estimate of drug-likeness (QED) is 0.669. The normalized spacial score (nSPS) is 12.0. The van der Waals surface area contributed by atoms with Gasteiger partial charge in [-0.2, -0.15) is 0 Å². The van der Waals surface area contributed by atoms with E-state index < -0.39 is 18.0 Å². The summed E-state index contributed by atoms with van der Waals surface area (Å²) >= 11 is 7.40. The second-order valence-corrected chi connectivity index (χ2v) is 6.38. The van der Waals surface area contributed by atoms with Crippen molar-refractivity contribution in [2.75, 3.05) is 4.90 Å². The number of amides is 1. The molecule has 3 aromatic rings. The monoisotopic (exact) mass is 378 g/mol. The summed E-state index contributed by atoms with van der Waals surface area (Å²) in [7, 11) is 0. The van der Waals surface area contributed by atoms with E-state index in [9.17, 15) is 14.3 Å². The maximum atomic E-state index is 13.1. The average Bonchev–Trinajstić information content (AvgIpc) is 3.09. The van der Waals surface area contributed by atoms with Crippen LogP contribution in [0.4, 0.5) is 15.1 Å². The zero-order valence-corrected chi connectivity index (χ0v) is 14.5. The van der Waals surface area contributed by atoms with Gasteiger partial charge in [0.15, 0.2) is 0 Å². The molecule has 2 heterocycles. The fraction of sp³-hybridized carbons (Fsp3) is 0.125. The van der Waals surface area contributed by atoms with Gasteiger partial charge in [0.25, 0.3) is 0 Å².